The van der Waals surface area contributed by atoms with Crippen molar-refractivity contribution in [2.75, 3.05) is 14.2 Å². The van der Waals surface area contributed by atoms with Gasteiger partial charge in [-0.05, 0) is 56.5 Å². The summed E-state index contributed by atoms with van der Waals surface area (Å²) < 4.78 is 25.4. The third-order valence-electron chi connectivity index (χ3n) is 6.14. The molecule has 6 nitrogen and oxygen atoms in total. The van der Waals surface area contributed by atoms with Crippen LogP contribution >= 0.6 is 0 Å². The van der Waals surface area contributed by atoms with Gasteiger partial charge < -0.3 is 19.7 Å². The van der Waals surface area contributed by atoms with Crippen molar-refractivity contribution in [3.05, 3.63) is 95.3 Å². The van der Waals surface area contributed by atoms with Crippen molar-refractivity contribution in [1.29, 1.82) is 0 Å². The van der Waals surface area contributed by atoms with E-state index in [9.17, 15) is 14.0 Å². The first kappa shape index (κ1) is 28.7. The van der Waals surface area contributed by atoms with Crippen LogP contribution in [0, 0.1) is 5.82 Å². The molecule has 0 aromatic heterocycles. The summed E-state index contributed by atoms with van der Waals surface area (Å²) in [4.78, 5) is 28.9. The number of nitrogens with zero attached hydrogens (tertiary/aromatic N) is 1. The molecule has 1 atom stereocenters. The van der Waals surface area contributed by atoms with E-state index >= 15 is 0 Å². The molecular weight excluding hydrogens is 483 g/mol. The van der Waals surface area contributed by atoms with E-state index in [4.69, 9.17) is 9.47 Å². The Hall–Kier alpha value is -3.87. The minimum Gasteiger partial charge on any atom is -0.493 e. The zero-order chi connectivity index (χ0) is 27.7. The standard InChI is InChI=1S/C31H37FN2O4/c1-31(2,3)33-30(36)26(19-22-11-7-6-8-12-22)34(21-24-13-9-10-14-25(24)32)29(35)18-16-23-15-17-27(37-4)28(20-23)38-5/h6-15,17,20,26H,16,18-19,21H2,1-5H3,(H,33,36)/t26-/m1/s1. The molecule has 0 spiro atoms. The van der Waals surface area contributed by atoms with Crippen molar-refractivity contribution in [2.24, 2.45) is 0 Å². The molecule has 2 amide bonds. The second-order valence-electron chi connectivity index (χ2n) is 10.2. The molecular formula is C31H37FN2O4. The quantitative estimate of drug-likeness (QED) is 0.371. The molecule has 3 aromatic carbocycles. The molecule has 0 heterocycles. The largest absolute Gasteiger partial charge is 0.493 e. The molecule has 3 rings (SSSR count). The molecule has 0 aliphatic carbocycles. The monoisotopic (exact) mass is 520 g/mol. The number of hydrogen-bond acceptors (Lipinski definition) is 4. The van der Waals surface area contributed by atoms with E-state index in [1.54, 1.807) is 38.5 Å². The molecule has 0 saturated heterocycles. The summed E-state index contributed by atoms with van der Waals surface area (Å²) in [5, 5.41) is 3.02. The summed E-state index contributed by atoms with van der Waals surface area (Å²) in [6.07, 6.45) is 0.864. The number of ether oxygens (including phenoxy) is 2. The minimum absolute atomic E-state index is 0.0213. The third-order valence-corrected chi connectivity index (χ3v) is 6.14. The van der Waals surface area contributed by atoms with Crippen molar-refractivity contribution < 1.29 is 23.5 Å². The van der Waals surface area contributed by atoms with Gasteiger partial charge in [0.2, 0.25) is 11.8 Å². The van der Waals surface area contributed by atoms with Gasteiger partial charge in [0.05, 0.1) is 14.2 Å². The lowest BCUT2D eigenvalue weighted by atomic mass is 9.99. The number of methoxy groups -OCH3 is 2. The van der Waals surface area contributed by atoms with Gasteiger partial charge in [-0.25, -0.2) is 4.39 Å². The van der Waals surface area contributed by atoms with E-state index in [2.05, 4.69) is 5.32 Å². The number of halogens is 1. The van der Waals surface area contributed by atoms with Crippen LogP contribution in [-0.2, 0) is 29.0 Å². The van der Waals surface area contributed by atoms with Crippen molar-refractivity contribution >= 4 is 11.8 Å². The van der Waals surface area contributed by atoms with Gasteiger partial charge in [0, 0.05) is 30.5 Å². The van der Waals surface area contributed by atoms with Gasteiger partial charge >= 0.3 is 0 Å². The lowest BCUT2D eigenvalue weighted by Crippen LogP contribution is -2.54. The maximum Gasteiger partial charge on any atom is 0.243 e. The SMILES string of the molecule is COc1ccc(CCC(=O)N(Cc2ccccc2F)[C@H](Cc2ccccc2)C(=O)NC(C)(C)C)cc1OC. The summed E-state index contributed by atoms with van der Waals surface area (Å²) >= 11 is 0. The van der Waals surface area contributed by atoms with Crippen LogP contribution in [-0.4, -0.2) is 42.5 Å². The van der Waals surface area contributed by atoms with Gasteiger partial charge in [0.1, 0.15) is 11.9 Å². The van der Waals surface area contributed by atoms with E-state index in [1.807, 2.05) is 63.2 Å². The first-order valence-electron chi connectivity index (χ1n) is 12.7. The van der Waals surface area contributed by atoms with Crippen molar-refractivity contribution in [2.45, 2.75) is 58.2 Å². The van der Waals surface area contributed by atoms with Crippen LogP contribution < -0.4 is 14.8 Å². The highest BCUT2D eigenvalue weighted by Gasteiger charge is 2.32. The van der Waals surface area contributed by atoms with E-state index in [0.717, 1.165) is 11.1 Å². The average Bonchev–Trinajstić information content (AvgIpc) is 2.89. The highest BCUT2D eigenvalue weighted by atomic mass is 19.1. The Morgan fingerprint density at radius 1 is 0.895 bits per heavy atom. The van der Waals surface area contributed by atoms with Crippen molar-refractivity contribution in [3.63, 3.8) is 0 Å². The Morgan fingerprint density at radius 3 is 2.18 bits per heavy atom. The fourth-order valence-electron chi connectivity index (χ4n) is 4.25. The van der Waals surface area contributed by atoms with Gasteiger partial charge in [0.15, 0.2) is 11.5 Å². The topological polar surface area (TPSA) is 67.9 Å². The van der Waals surface area contributed by atoms with Crippen molar-refractivity contribution in [1.82, 2.24) is 10.2 Å². The second-order valence-corrected chi connectivity index (χ2v) is 10.2. The first-order chi connectivity index (χ1) is 18.1. The number of nitrogens with one attached hydrogen (secondary N) is 1. The van der Waals surface area contributed by atoms with Crippen LogP contribution in [0.1, 0.15) is 43.9 Å². The molecule has 0 unspecified atom stereocenters. The molecule has 38 heavy (non-hydrogen) atoms. The van der Waals surface area contributed by atoms with E-state index in [-0.39, 0.29) is 24.8 Å². The Kier molecular flexibility index (Phi) is 9.88. The fraction of sp³-hybridized carbons (Fsp3) is 0.355. The maximum absolute atomic E-state index is 14.7. The van der Waals surface area contributed by atoms with E-state index in [1.165, 1.54) is 11.0 Å². The van der Waals surface area contributed by atoms with Gasteiger partial charge in [0.25, 0.3) is 0 Å². The zero-order valence-electron chi connectivity index (χ0n) is 22.8. The predicted octanol–water partition coefficient (Wildman–Crippen LogP) is 5.33. The Balaban J connectivity index is 1.94. The van der Waals surface area contributed by atoms with Crippen LogP contribution in [0.2, 0.25) is 0 Å². The molecule has 0 fully saturated rings. The van der Waals surface area contributed by atoms with Crippen LogP contribution in [0.3, 0.4) is 0 Å². The summed E-state index contributed by atoms with van der Waals surface area (Å²) in [5.41, 5.74) is 1.65. The number of amides is 2. The van der Waals surface area contributed by atoms with Gasteiger partial charge in [-0.3, -0.25) is 9.59 Å². The lowest BCUT2D eigenvalue weighted by Gasteiger charge is -2.34. The number of hydrogen-bond donors (Lipinski definition) is 1. The van der Waals surface area contributed by atoms with Crippen LogP contribution in [0.25, 0.3) is 0 Å². The van der Waals surface area contributed by atoms with Gasteiger partial charge in [-0.1, -0.05) is 54.6 Å². The van der Waals surface area contributed by atoms with Crippen molar-refractivity contribution in [3.8, 4) is 11.5 Å². The number of benzene rings is 3. The maximum atomic E-state index is 14.7. The number of rotatable bonds is 11. The average molecular weight is 521 g/mol. The third kappa shape index (κ3) is 8.07. The van der Waals surface area contributed by atoms with E-state index in [0.29, 0.717) is 29.9 Å². The lowest BCUT2D eigenvalue weighted by molar-refractivity contribution is -0.142. The smallest absolute Gasteiger partial charge is 0.243 e. The highest BCUT2D eigenvalue weighted by molar-refractivity contribution is 5.88. The normalized spacial score (nSPS) is 11.9. The number of carbonyl (C=O) groups excluding carboxylic acids is 2. The summed E-state index contributed by atoms with van der Waals surface area (Å²) in [7, 11) is 3.13. The second kappa shape index (κ2) is 13.1. The first-order valence-corrected chi connectivity index (χ1v) is 12.7. The molecule has 7 heteroatoms. The molecule has 0 aliphatic heterocycles. The molecule has 1 N–H and O–H groups in total. The van der Waals surface area contributed by atoms with Crippen LogP contribution in [0.15, 0.2) is 72.8 Å². The highest BCUT2D eigenvalue weighted by Crippen LogP contribution is 2.28. The molecule has 3 aromatic rings. The Morgan fingerprint density at radius 2 is 1.55 bits per heavy atom. The molecule has 0 saturated carbocycles. The van der Waals surface area contributed by atoms with E-state index < -0.39 is 17.4 Å². The predicted molar refractivity (Wildman–Crippen MR) is 147 cm³/mol. The van der Waals surface area contributed by atoms with Gasteiger partial charge in [-0.15, -0.1) is 0 Å². The molecule has 202 valence electrons. The minimum atomic E-state index is -0.825. The fourth-order valence-corrected chi connectivity index (χ4v) is 4.25. The van der Waals surface area contributed by atoms with Gasteiger partial charge in [-0.2, -0.15) is 0 Å². The summed E-state index contributed by atoms with van der Waals surface area (Å²) in [6, 6.07) is 20.6. The Bertz CT molecular complexity index is 1220. The number of aryl methyl sites for hydroxylation is 1. The molecule has 0 aliphatic rings. The summed E-state index contributed by atoms with van der Waals surface area (Å²) in [6.45, 7) is 5.66. The number of carbonyl (C=O) groups is 2. The Labute approximate surface area is 224 Å². The van der Waals surface area contributed by atoms with Crippen LogP contribution in [0.4, 0.5) is 4.39 Å². The molecule has 0 radical (unpaired) electrons. The van der Waals surface area contributed by atoms with Crippen LogP contribution in [0.5, 0.6) is 11.5 Å². The zero-order valence-corrected chi connectivity index (χ0v) is 22.8. The molecule has 0 bridgehead atoms. The summed E-state index contributed by atoms with van der Waals surface area (Å²) in [5.74, 6) is 0.239.